The zero-order chi connectivity index (χ0) is 13.9. The number of rotatable bonds is 3. The van der Waals surface area contributed by atoms with E-state index in [9.17, 15) is 22.4 Å². The summed E-state index contributed by atoms with van der Waals surface area (Å²) in [4.78, 5) is 10.2. The van der Waals surface area contributed by atoms with Crippen molar-refractivity contribution in [2.75, 3.05) is 6.61 Å². The number of carbonyl (C=O) groups is 1. The fourth-order valence-electron chi connectivity index (χ4n) is 1.25. The fraction of sp³-hybridized carbons (Fsp3) is 0.417. The van der Waals surface area contributed by atoms with Crippen LogP contribution in [0.1, 0.15) is 30.3 Å². The zero-order valence-electron chi connectivity index (χ0n) is 9.22. The molecule has 0 aromatic heterocycles. The average Bonchev–Trinajstić information content (AvgIpc) is 2.27. The van der Waals surface area contributed by atoms with E-state index in [0.29, 0.717) is 12.1 Å². The predicted octanol–water partition coefficient (Wildman–Crippen LogP) is 4.48. The topological polar surface area (TPSA) is 26.3 Å². The number of benzene rings is 1. The molecular formula is C12H13BrF4O2. The van der Waals surface area contributed by atoms with Gasteiger partial charge in [0.15, 0.2) is 0 Å². The molecular weight excluding hydrogens is 332 g/mol. The summed E-state index contributed by atoms with van der Waals surface area (Å²) in [6.07, 6.45) is -4.62. The first-order valence-corrected chi connectivity index (χ1v) is 5.86. The molecule has 1 aromatic carbocycles. The van der Waals surface area contributed by atoms with Crippen molar-refractivity contribution in [2.45, 2.75) is 25.4 Å². The molecule has 0 N–H and O–H groups in total. The van der Waals surface area contributed by atoms with Gasteiger partial charge in [-0.3, -0.25) is 4.79 Å². The molecule has 1 unspecified atom stereocenters. The molecule has 0 aliphatic carbocycles. The van der Waals surface area contributed by atoms with E-state index < -0.39 is 28.4 Å². The zero-order valence-corrected chi connectivity index (χ0v) is 10.8. The number of carbonyl (C=O) groups excluding carboxylic acids is 1. The molecule has 0 spiro atoms. The average molecular weight is 345 g/mol. The quantitative estimate of drug-likeness (QED) is 0.459. The molecule has 19 heavy (non-hydrogen) atoms. The number of alkyl halides is 4. The van der Waals surface area contributed by atoms with Crippen LogP contribution in [0.5, 0.6) is 0 Å². The molecule has 0 saturated carbocycles. The van der Waals surface area contributed by atoms with Crippen molar-refractivity contribution in [1.82, 2.24) is 0 Å². The highest BCUT2D eigenvalue weighted by Gasteiger charge is 2.32. The van der Waals surface area contributed by atoms with E-state index in [1.54, 1.807) is 6.92 Å². The van der Waals surface area contributed by atoms with Crippen LogP contribution in [0.4, 0.5) is 17.6 Å². The SMILES string of the molecule is C.CCOC(=O)C(Br)c1ccc(C(F)(F)F)cc1F. The molecule has 0 heterocycles. The van der Waals surface area contributed by atoms with Crippen LogP contribution in [0.15, 0.2) is 18.2 Å². The standard InChI is InChI=1S/C11H9BrF4O2.CH4/c1-2-18-10(17)9(12)7-4-3-6(5-8(7)13)11(14,15)16;/h3-5,9H,2H2,1H3;1H4. The Morgan fingerprint density at radius 1 is 1.42 bits per heavy atom. The third-order valence-electron chi connectivity index (χ3n) is 2.09. The van der Waals surface area contributed by atoms with Gasteiger partial charge in [0.05, 0.1) is 12.2 Å². The summed E-state index contributed by atoms with van der Waals surface area (Å²) in [5.74, 6) is -1.86. The fourth-order valence-corrected chi connectivity index (χ4v) is 1.75. The van der Waals surface area contributed by atoms with E-state index >= 15 is 0 Å². The second-order valence-electron chi connectivity index (χ2n) is 3.35. The van der Waals surface area contributed by atoms with Gasteiger partial charge in [0, 0.05) is 5.56 Å². The lowest BCUT2D eigenvalue weighted by atomic mass is 10.1. The van der Waals surface area contributed by atoms with Crippen molar-refractivity contribution < 1.29 is 27.1 Å². The smallest absolute Gasteiger partial charge is 0.416 e. The van der Waals surface area contributed by atoms with Gasteiger partial charge in [-0.25, -0.2) is 4.39 Å². The van der Waals surface area contributed by atoms with Crippen LogP contribution in [-0.2, 0) is 15.7 Å². The Morgan fingerprint density at radius 3 is 2.42 bits per heavy atom. The molecule has 0 bridgehead atoms. The molecule has 1 atom stereocenters. The van der Waals surface area contributed by atoms with Crippen LogP contribution in [0.25, 0.3) is 0 Å². The van der Waals surface area contributed by atoms with Gasteiger partial charge in [0.25, 0.3) is 0 Å². The number of halogens is 5. The molecule has 0 saturated heterocycles. The van der Waals surface area contributed by atoms with Crippen molar-refractivity contribution >= 4 is 21.9 Å². The molecule has 1 aromatic rings. The Hall–Kier alpha value is -1.11. The Labute approximate surface area is 116 Å². The lowest BCUT2D eigenvalue weighted by molar-refractivity contribution is -0.142. The van der Waals surface area contributed by atoms with Gasteiger partial charge in [0.1, 0.15) is 10.6 Å². The van der Waals surface area contributed by atoms with Crippen LogP contribution >= 0.6 is 15.9 Å². The van der Waals surface area contributed by atoms with Crippen LogP contribution < -0.4 is 0 Å². The summed E-state index contributed by atoms with van der Waals surface area (Å²) in [6, 6.07) is 1.98. The Morgan fingerprint density at radius 2 is 2.00 bits per heavy atom. The van der Waals surface area contributed by atoms with Crippen molar-refractivity contribution in [1.29, 1.82) is 0 Å². The number of ether oxygens (including phenoxy) is 1. The van der Waals surface area contributed by atoms with E-state index in [0.717, 1.165) is 6.07 Å². The largest absolute Gasteiger partial charge is 0.465 e. The third-order valence-corrected chi connectivity index (χ3v) is 2.96. The lowest BCUT2D eigenvalue weighted by Gasteiger charge is -2.12. The molecule has 0 radical (unpaired) electrons. The van der Waals surface area contributed by atoms with E-state index in [1.807, 2.05) is 0 Å². The number of hydrogen-bond donors (Lipinski definition) is 0. The van der Waals surface area contributed by atoms with Gasteiger partial charge in [-0.05, 0) is 19.1 Å². The number of hydrogen-bond acceptors (Lipinski definition) is 2. The van der Waals surface area contributed by atoms with E-state index in [-0.39, 0.29) is 19.6 Å². The monoisotopic (exact) mass is 344 g/mol. The molecule has 7 heteroatoms. The van der Waals surface area contributed by atoms with Gasteiger partial charge < -0.3 is 4.74 Å². The van der Waals surface area contributed by atoms with Crippen molar-refractivity contribution in [3.05, 3.63) is 35.1 Å². The first-order chi connectivity index (χ1) is 8.27. The van der Waals surface area contributed by atoms with Gasteiger partial charge in [-0.2, -0.15) is 13.2 Å². The third kappa shape index (κ3) is 4.49. The minimum Gasteiger partial charge on any atom is -0.465 e. The highest BCUT2D eigenvalue weighted by molar-refractivity contribution is 9.09. The van der Waals surface area contributed by atoms with Crippen molar-refractivity contribution in [2.24, 2.45) is 0 Å². The van der Waals surface area contributed by atoms with Crippen molar-refractivity contribution in [3.8, 4) is 0 Å². The summed E-state index contributed by atoms with van der Waals surface area (Å²) in [7, 11) is 0. The normalized spacial score (nSPS) is 12.5. The number of esters is 1. The van der Waals surface area contributed by atoms with Crippen LogP contribution in [0.2, 0.25) is 0 Å². The summed E-state index contributed by atoms with van der Waals surface area (Å²) >= 11 is 2.88. The highest BCUT2D eigenvalue weighted by atomic mass is 79.9. The van der Waals surface area contributed by atoms with Crippen LogP contribution in [-0.4, -0.2) is 12.6 Å². The Bertz CT molecular complexity index is 446. The molecule has 0 aliphatic heterocycles. The molecule has 0 aliphatic rings. The van der Waals surface area contributed by atoms with Gasteiger partial charge in [0.2, 0.25) is 0 Å². The summed E-state index contributed by atoms with van der Waals surface area (Å²) in [5.41, 5.74) is -1.30. The first-order valence-electron chi connectivity index (χ1n) is 4.94. The van der Waals surface area contributed by atoms with Crippen LogP contribution in [0.3, 0.4) is 0 Å². The van der Waals surface area contributed by atoms with Gasteiger partial charge in [-0.1, -0.05) is 29.4 Å². The minimum absolute atomic E-state index is 0. The van der Waals surface area contributed by atoms with E-state index in [1.165, 1.54) is 0 Å². The second kappa shape index (κ2) is 6.88. The first kappa shape index (κ1) is 17.9. The summed E-state index contributed by atoms with van der Waals surface area (Å²) in [5, 5.41) is 0. The summed E-state index contributed by atoms with van der Waals surface area (Å²) in [6.45, 7) is 1.67. The maximum Gasteiger partial charge on any atom is 0.416 e. The molecule has 1 rings (SSSR count). The van der Waals surface area contributed by atoms with E-state index in [2.05, 4.69) is 20.7 Å². The maximum atomic E-state index is 13.5. The second-order valence-corrected chi connectivity index (χ2v) is 4.26. The van der Waals surface area contributed by atoms with E-state index in [4.69, 9.17) is 0 Å². The molecule has 0 fully saturated rings. The molecule has 2 nitrogen and oxygen atoms in total. The highest BCUT2D eigenvalue weighted by Crippen LogP contribution is 2.33. The maximum absolute atomic E-state index is 13.5. The predicted molar refractivity (Wildman–Crippen MR) is 66.4 cm³/mol. The molecule has 108 valence electrons. The molecule has 0 amide bonds. The Kier molecular flexibility index (Phi) is 6.48. The Balaban J connectivity index is 0.00000324. The van der Waals surface area contributed by atoms with Gasteiger partial charge in [-0.15, -0.1) is 0 Å². The summed E-state index contributed by atoms with van der Waals surface area (Å²) < 4.78 is 55.1. The van der Waals surface area contributed by atoms with Gasteiger partial charge >= 0.3 is 12.1 Å². The minimum atomic E-state index is -4.62. The van der Waals surface area contributed by atoms with Crippen LogP contribution in [0, 0.1) is 5.82 Å². The lowest BCUT2D eigenvalue weighted by Crippen LogP contribution is -2.13. The van der Waals surface area contributed by atoms with Crippen molar-refractivity contribution in [3.63, 3.8) is 0 Å².